The van der Waals surface area contributed by atoms with Crippen LogP contribution in [0.25, 0.3) is 0 Å². The predicted octanol–water partition coefficient (Wildman–Crippen LogP) is 4.05. The molecule has 0 aliphatic heterocycles. The van der Waals surface area contributed by atoms with Crippen LogP contribution in [0.1, 0.15) is 61.0 Å². The molecule has 0 amide bonds. The van der Waals surface area contributed by atoms with Gasteiger partial charge in [0.1, 0.15) is 11.3 Å². The van der Waals surface area contributed by atoms with Crippen LogP contribution in [0.4, 0.5) is 0 Å². The van der Waals surface area contributed by atoms with Crippen LogP contribution in [-0.4, -0.2) is 31.9 Å². The molecule has 0 saturated heterocycles. The van der Waals surface area contributed by atoms with Gasteiger partial charge in [0.25, 0.3) is 0 Å². The van der Waals surface area contributed by atoms with Crippen molar-refractivity contribution in [2.75, 3.05) is 20.8 Å². The molecule has 0 unspecified atom stereocenters. The largest absolute Gasteiger partial charge is 0.496 e. The molecule has 4 nitrogen and oxygen atoms in total. The lowest BCUT2D eigenvalue weighted by Crippen LogP contribution is -2.50. The second kappa shape index (κ2) is 6.07. The summed E-state index contributed by atoms with van der Waals surface area (Å²) in [5, 5.41) is 9.45. The summed E-state index contributed by atoms with van der Waals surface area (Å²) in [6.07, 6.45) is 5.53. The first kappa shape index (κ1) is 17.3. The van der Waals surface area contributed by atoms with E-state index in [1.54, 1.807) is 14.2 Å². The Balaban J connectivity index is 2.11. The molecule has 3 rings (SSSR count). The third kappa shape index (κ3) is 2.52. The minimum absolute atomic E-state index is 0.0590. The van der Waals surface area contributed by atoms with E-state index >= 15 is 0 Å². The van der Waals surface area contributed by atoms with Gasteiger partial charge in [0.15, 0.2) is 0 Å². The van der Waals surface area contributed by atoms with E-state index in [2.05, 4.69) is 13.8 Å². The average molecular weight is 332 g/mol. The summed E-state index contributed by atoms with van der Waals surface area (Å²) in [5.74, 6) is 0.100. The Hall–Kier alpha value is -1.55. The predicted molar refractivity (Wildman–Crippen MR) is 93.0 cm³/mol. The number of methoxy groups -OCH3 is 2. The average Bonchev–Trinajstić information content (AvgIpc) is 2.53. The fourth-order valence-corrected chi connectivity index (χ4v) is 5.47. The van der Waals surface area contributed by atoms with Crippen molar-refractivity contribution in [3.05, 3.63) is 28.8 Å². The van der Waals surface area contributed by atoms with E-state index < -0.39 is 5.97 Å². The maximum absolute atomic E-state index is 11.5. The van der Waals surface area contributed by atoms with Crippen molar-refractivity contribution in [1.82, 2.24) is 0 Å². The van der Waals surface area contributed by atoms with E-state index in [1.807, 2.05) is 12.1 Å². The molecule has 1 fully saturated rings. The molecule has 1 aromatic rings. The number of benzene rings is 1. The van der Waals surface area contributed by atoms with E-state index in [0.717, 1.165) is 25.9 Å². The van der Waals surface area contributed by atoms with Crippen LogP contribution >= 0.6 is 0 Å². The van der Waals surface area contributed by atoms with Crippen LogP contribution in [0.2, 0.25) is 0 Å². The van der Waals surface area contributed by atoms with Gasteiger partial charge < -0.3 is 14.6 Å². The first-order valence-corrected chi connectivity index (χ1v) is 8.79. The lowest BCUT2D eigenvalue weighted by Gasteiger charge is -2.55. The smallest absolute Gasteiger partial charge is 0.339 e. The zero-order valence-corrected chi connectivity index (χ0v) is 15.1. The normalized spacial score (nSPS) is 31.9. The van der Waals surface area contributed by atoms with Crippen LogP contribution in [0.15, 0.2) is 12.1 Å². The van der Waals surface area contributed by atoms with Gasteiger partial charge in [-0.05, 0) is 65.7 Å². The molecule has 0 spiro atoms. The van der Waals surface area contributed by atoms with E-state index in [1.165, 1.54) is 24.0 Å². The molecule has 1 N–H and O–H groups in total. The van der Waals surface area contributed by atoms with Gasteiger partial charge in [-0.15, -0.1) is 0 Å². The number of fused-ring (bicyclic) bond motifs is 3. The van der Waals surface area contributed by atoms with E-state index in [-0.39, 0.29) is 16.4 Å². The standard InChI is InChI=1S/C20H28O4/c1-19(12-23-3)8-5-9-20(2)15-11-16(24-4)14(18(21)22)10-13(15)6-7-17(19)20/h10-11,17H,5-9,12H2,1-4H3,(H,21,22)/t17-,19+,20+/m0/s1. The highest BCUT2D eigenvalue weighted by molar-refractivity contribution is 5.91. The summed E-state index contributed by atoms with van der Waals surface area (Å²) in [5.41, 5.74) is 2.96. The molecule has 4 heteroatoms. The Labute approximate surface area is 144 Å². The van der Waals surface area contributed by atoms with Crippen LogP contribution in [0.3, 0.4) is 0 Å². The summed E-state index contributed by atoms with van der Waals surface area (Å²) in [4.78, 5) is 11.5. The number of rotatable bonds is 4. The summed E-state index contributed by atoms with van der Waals surface area (Å²) in [7, 11) is 3.34. The van der Waals surface area contributed by atoms with Crippen molar-refractivity contribution in [3.63, 3.8) is 0 Å². The van der Waals surface area contributed by atoms with Crippen molar-refractivity contribution in [2.24, 2.45) is 11.3 Å². The highest BCUT2D eigenvalue weighted by Crippen LogP contribution is 2.57. The molecule has 1 aromatic carbocycles. The van der Waals surface area contributed by atoms with E-state index in [9.17, 15) is 9.90 Å². The number of aromatic carboxylic acids is 1. The maximum atomic E-state index is 11.5. The molecule has 132 valence electrons. The lowest BCUT2D eigenvalue weighted by atomic mass is 9.50. The minimum atomic E-state index is -0.921. The molecule has 0 heterocycles. The van der Waals surface area contributed by atoms with Crippen LogP contribution < -0.4 is 4.74 Å². The fraction of sp³-hybridized carbons (Fsp3) is 0.650. The highest BCUT2D eigenvalue weighted by Gasteiger charge is 2.52. The van der Waals surface area contributed by atoms with Crippen molar-refractivity contribution in [3.8, 4) is 5.75 Å². The quantitative estimate of drug-likeness (QED) is 0.904. The van der Waals surface area contributed by atoms with Crippen LogP contribution in [0.5, 0.6) is 5.75 Å². The summed E-state index contributed by atoms with van der Waals surface area (Å²) >= 11 is 0. The van der Waals surface area contributed by atoms with Gasteiger partial charge in [0.05, 0.1) is 13.7 Å². The summed E-state index contributed by atoms with van der Waals surface area (Å²) in [6.45, 7) is 5.49. The van der Waals surface area contributed by atoms with Crippen molar-refractivity contribution < 1.29 is 19.4 Å². The fourth-order valence-electron chi connectivity index (χ4n) is 5.47. The van der Waals surface area contributed by atoms with Crippen molar-refractivity contribution in [2.45, 2.75) is 51.4 Å². The van der Waals surface area contributed by atoms with Gasteiger partial charge in [-0.3, -0.25) is 0 Å². The Morgan fingerprint density at radius 3 is 2.67 bits per heavy atom. The second-order valence-corrected chi connectivity index (χ2v) is 7.96. The van der Waals surface area contributed by atoms with Crippen molar-refractivity contribution in [1.29, 1.82) is 0 Å². The van der Waals surface area contributed by atoms with E-state index in [0.29, 0.717) is 11.7 Å². The molecule has 3 atom stereocenters. The highest BCUT2D eigenvalue weighted by atomic mass is 16.5. The van der Waals surface area contributed by atoms with Crippen molar-refractivity contribution >= 4 is 5.97 Å². The van der Waals surface area contributed by atoms with Crippen LogP contribution in [0, 0.1) is 11.3 Å². The number of carbonyl (C=O) groups is 1. The number of ether oxygens (including phenoxy) is 2. The molecule has 24 heavy (non-hydrogen) atoms. The monoisotopic (exact) mass is 332 g/mol. The zero-order valence-electron chi connectivity index (χ0n) is 15.1. The lowest BCUT2D eigenvalue weighted by molar-refractivity contribution is -0.0325. The number of carboxylic acid groups (broad SMARTS) is 1. The SMILES string of the molecule is COC[C@@]1(C)CCC[C@]2(C)c3cc(OC)c(C(=O)O)cc3CC[C@@H]12. The molecule has 1 saturated carbocycles. The van der Waals surface area contributed by atoms with Crippen LogP contribution in [-0.2, 0) is 16.6 Å². The molecule has 0 bridgehead atoms. The first-order valence-electron chi connectivity index (χ1n) is 8.79. The number of aryl methyl sites for hydroxylation is 1. The van der Waals surface area contributed by atoms with Gasteiger partial charge in [0, 0.05) is 7.11 Å². The molecular formula is C20H28O4. The molecule has 0 aromatic heterocycles. The Bertz CT molecular complexity index is 649. The Morgan fingerprint density at radius 2 is 2.04 bits per heavy atom. The van der Waals surface area contributed by atoms with Gasteiger partial charge in [-0.2, -0.15) is 0 Å². The number of hydrogen-bond acceptors (Lipinski definition) is 3. The summed E-state index contributed by atoms with van der Waals surface area (Å²) in [6, 6.07) is 3.82. The molecular weight excluding hydrogens is 304 g/mol. The molecule has 0 radical (unpaired) electrons. The van der Waals surface area contributed by atoms with Gasteiger partial charge in [0.2, 0.25) is 0 Å². The third-order valence-corrected chi connectivity index (χ3v) is 6.50. The Morgan fingerprint density at radius 1 is 1.29 bits per heavy atom. The summed E-state index contributed by atoms with van der Waals surface area (Å²) < 4.78 is 11.0. The Kier molecular flexibility index (Phi) is 4.37. The van der Waals surface area contributed by atoms with Gasteiger partial charge >= 0.3 is 5.97 Å². The first-order chi connectivity index (χ1) is 11.4. The topological polar surface area (TPSA) is 55.8 Å². The zero-order chi connectivity index (χ0) is 17.5. The number of carboxylic acids is 1. The molecule has 2 aliphatic carbocycles. The van der Waals surface area contributed by atoms with Gasteiger partial charge in [-0.1, -0.05) is 20.3 Å². The molecule has 2 aliphatic rings. The number of hydrogen-bond donors (Lipinski definition) is 1. The van der Waals surface area contributed by atoms with Gasteiger partial charge in [-0.25, -0.2) is 4.79 Å². The van der Waals surface area contributed by atoms with E-state index in [4.69, 9.17) is 9.47 Å². The minimum Gasteiger partial charge on any atom is -0.496 e. The maximum Gasteiger partial charge on any atom is 0.339 e. The second-order valence-electron chi connectivity index (χ2n) is 7.96. The third-order valence-electron chi connectivity index (χ3n) is 6.50.